The molecule has 2 rings (SSSR count). The zero-order chi connectivity index (χ0) is 12.4. The Hall–Kier alpha value is -1.17. The van der Waals surface area contributed by atoms with Crippen molar-refractivity contribution in [2.75, 3.05) is 0 Å². The summed E-state index contributed by atoms with van der Waals surface area (Å²) in [7, 11) is 0. The molecule has 0 saturated carbocycles. The zero-order valence-corrected chi connectivity index (χ0v) is 10.6. The lowest BCUT2D eigenvalue weighted by Gasteiger charge is -2.00. The topological polar surface area (TPSA) is 63.8 Å². The first-order chi connectivity index (χ1) is 8.17. The van der Waals surface area contributed by atoms with Gasteiger partial charge in [0.15, 0.2) is 11.0 Å². The first kappa shape index (κ1) is 12.3. The first-order valence-corrected chi connectivity index (χ1v) is 5.79. The van der Waals surface area contributed by atoms with Gasteiger partial charge in [-0.3, -0.25) is 0 Å². The molecule has 0 radical (unpaired) electrons. The minimum absolute atomic E-state index is 0.150. The lowest BCUT2D eigenvalue weighted by atomic mass is 10.2. The van der Waals surface area contributed by atoms with E-state index in [1.54, 1.807) is 12.1 Å². The van der Waals surface area contributed by atoms with E-state index >= 15 is 0 Å². The maximum absolute atomic E-state index is 9.24. The molecule has 7 heteroatoms. The summed E-state index contributed by atoms with van der Waals surface area (Å²) in [6, 6.07) is 3.26. The molecule has 0 unspecified atom stereocenters. The Bertz CT molecular complexity index is 524. The highest BCUT2D eigenvalue weighted by molar-refractivity contribution is 6.30. The third kappa shape index (κ3) is 2.26. The van der Waals surface area contributed by atoms with Crippen LogP contribution in [0.4, 0.5) is 0 Å². The summed E-state index contributed by atoms with van der Waals surface area (Å²) in [5.41, 5.74) is 1.36. The maximum atomic E-state index is 9.24. The number of hydrogen-bond donors (Lipinski definition) is 1. The van der Waals surface area contributed by atoms with Gasteiger partial charge in [-0.15, -0.1) is 10.2 Å². The lowest BCUT2D eigenvalue weighted by molar-refractivity contribution is 0.281. The average Bonchev–Trinajstić information content (AvgIpc) is 2.66. The molecule has 2 aromatic rings. The summed E-state index contributed by atoms with van der Waals surface area (Å²) < 4.78 is 1.44. The van der Waals surface area contributed by atoms with E-state index in [0.29, 0.717) is 28.1 Å². The fourth-order valence-electron chi connectivity index (χ4n) is 1.49. The standard InChI is InChI=1S/C10H10Cl2N4O/c1-2-7-6(5-17)10(12)16(15-7)9-4-3-8(11)13-14-9/h3-4,17H,2,5H2,1H3. The molecule has 0 fully saturated rings. The average molecular weight is 273 g/mol. The van der Waals surface area contributed by atoms with Gasteiger partial charge >= 0.3 is 0 Å². The van der Waals surface area contributed by atoms with Crippen molar-refractivity contribution in [3.05, 3.63) is 33.7 Å². The molecule has 17 heavy (non-hydrogen) atoms. The van der Waals surface area contributed by atoms with E-state index in [1.807, 2.05) is 6.92 Å². The number of nitrogens with zero attached hydrogens (tertiary/aromatic N) is 4. The molecule has 0 atom stereocenters. The second kappa shape index (κ2) is 5.00. The predicted molar refractivity (Wildman–Crippen MR) is 64.5 cm³/mol. The second-order valence-corrected chi connectivity index (χ2v) is 4.10. The van der Waals surface area contributed by atoms with Gasteiger partial charge in [0.1, 0.15) is 5.15 Å². The number of rotatable bonds is 3. The van der Waals surface area contributed by atoms with Gasteiger partial charge in [-0.1, -0.05) is 30.1 Å². The number of aliphatic hydroxyl groups excluding tert-OH is 1. The van der Waals surface area contributed by atoms with Crippen LogP contribution in [0.15, 0.2) is 12.1 Å². The molecule has 1 N–H and O–H groups in total. The number of halogens is 2. The molecular formula is C10H10Cl2N4O. The van der Waals surface area contributed by atoms with Crippen molar-refractivity contribution >= 4 is 23.2 Å². The van der Waals surface area contributed by atoms with E-state index in [-0.39, 0.29) is 6.61 Å². The monoisotopic (exact) mass is 272 g/mol. The largest absolute Gasteiger partial charge is 0.391 e. The van der Waals surface area contributed by atoms with Crippen molar-refractivity contribution in [2.24, 2.45) is 0 Å². The fraction of sp³-hybridized carbons (Fsp3) is 0.300. The van der Waals surface area contributed by atoms with Crippen molar-refractivity contribution in [1.82, 2.24) is 20.0 Å². The van der Waals surface area contributed by atoms with Crippen LogP contribution in [0.5, 0.6) is 0 Å². The highest BCUT2D eigenvalue weighted by Crippen LogP contribution is 2.23. The molecular weight excluding hydrogens is 263 g/mol. The van der Waals surface area contributed by atoms with Crippen molar-refractivity contribution < 1.29 is 5.11 Å². The molecule has 0 aliphatic rings. The molecule has 90 valence electrons. The van der Waals surface area contributed by atoms with Gasteiger partial charge in [0.05, 0.1) is 12.3 Å². The van der Waals surface area contributed by atoms with Crippen LogP contribution >= 0.6 is 23.2 Å². The molecule has 2 heterocycles. The second-order valence-electron chi connectivity index (χ2n) is 3.35. The minimum atomic E-state index is -0.150. The Morgan fingerprint density at radius 1 is 1.29 bits per heavy atom. The Labute approximate surface area is 108 Å². The smallest absolute Gasteiger partial charge is 0.177 e. The summed E-state index contributed by atoms with van der Waals surface area (Å²) >= 11 is 11.8. The van der Waals surface area contributed by atoms with E-state index in [4.69, 9.17) is 23.2 Å². The van der Waals surface area contributed by atoms with Crippen LogP contribution in [0.25, 0.3) is 5.82 Å². The first-order valence-electron chi connectivity index (χ1n) is 5.04. The van der Waals surface area contributed by atoms with Gasteiger partial charge in [0, 0.05) is 5.56 Å². The van der Waals surface area contributed by atoms with Crippen LogP contribution in [0.3, 0.4) is 0 Å². The highest BCUT2D eigenvalue weighted by Gasteiger charge is 2.16. The van der Waals surface area contributed by atoms with Crippen molar-refractivity contribution in [2.45, 2.75) is 20.0 Å². The summed E-state index contributed by atoms with van der Waals surface area (Å²) in [5.74, 6) is 0.466. The van der Waals surface area contributed by atoms with Crippen LogP contribution in [0.1, 0.15) is 18.2 Å². The molecule has 0 spiro atoms. The Balaban J connectivity index is 2.52. The van der Waals surface area contributed by atoms with E-state index in [1.165, 1.54) is 4.68 Å². The summed E-state index contributed by atoms with van der Waals surface area (Å²) in [6.07, 6.45) is 0.684. The highest BCUT2D eigenvalue weighted by atomic mass is 35.5. The van der Waals surface area contributed by atoms with Gasteiger partial charge in [0.25, 0.3) is 0 Å². The van der Waals surface area contributed by atoms with Gasteiger partial charge in [-0.25, -0.2) is 4.68 Å². The Morgan fingerprint density at radius 3 is 2.53 bits per heavy atom. The fourth-order valence-corrected chi connectivity index (χ4v) is 1.88. The predicted octanol–water partition coefficient (Wildman–Crippen LogP) is 2.02. The molecule has 0 amide bonds. The quantitative estimate of drug-likeness (QED) is 0.929. The molecule has 0 aliphatic heterocycles. The zero-order valence-electron chi connectivity index (χ0n) is 9.06. The number of aliphatic hydroxyl groups is 1. The van der Waals surface area contributed by atoms with Gasteiger partial charge in [0.2, 0.25) is 0 Å². The summed E-state index contributed by atoms with van der Waals surface area (Å²) in [5, 5.41) is 21.8. The van der Waals surface area contributed by atoms with E-state index < -0.39 is 0 Å². The Morgan fingerprint density at radius 2 is 2.06 bits per heavy atom. The van der Waals surface area contributed by atoms with Crippen LogP contribution in [0.2, 0.25) is 10.3 Å². The summed E-state index contributed by atoms with van der Waals surface area (Å²) in [4.78, 5) is 0. The van der Waals surface area contributed by atoms with Crippen LogP contribution in [0, 0.1) is 0 Å². The maximum Gasteiger partial charge on any atom is 0.177 e. The molecule has 0 aliphatic carbocycles. The lowest BCUT2D eigenvalue weighted by Crippen LogP contribution is -2.01. The Kier molecular flexibility index (Phi) is 3.61. The van der Waals surface area contributed by atoms with Gasteiger partial charge < -0.3 is 5.11 Å². The third-order valence-electron chi connectivity index (χ3n) is 2.33. The number of aryl methyl sites for hydroxylation is 1. The number of aromatic nitrogens is 4. The van der Waals surface area contributed by atoms with Gasteiger partial charge in [-0.05, 0) is 18.6 Å². The number of hydrogen-bond acceptors (Lipinski definition) is 4. The van der Waals surface area contributed by atoms with E-state index in [2.05, 4.69) is 15.3 Å². The van der Waals surface area contributed by atoms with E-state index in [0.717, 1.165) is 5.69 Å². The normalized spacial score (nSPS) is 10.8. The third-order valence-corrected chi connectivity index (χ3v) is 2.92. The van der Waals surface area contributed by atoms with Crippen LogP contribution in [-0.4, -0.2) is 25.1 Å². The molecule has 0 aromatic carbocycles. The van der Waals surface area contributed by atoms with Crippen molar-refractivity contribution in [1.29, 1.82) is 0 Å². The van der Waals surface area contributed by atoms with Crippen LogP contribution < -0.4 is 0 Å². The molecule has 2 aromatic heterocycles. The molecule has 5 nitrogen and oxygen atoms in total. The molecule has 0 saturated heterocycles. The summed E-state index contributed by atoms with van der Waals surface area (Å²) in [6.45, 7) is 1.79. The molecule has 0 bridgehead atoms. The van der Waals surface area contributed by atoms with Crippen molar-refractivity contribution in [3.8, 4) is 5.82 Å². The van der Waals surface area contributed by atoms with E-state index in [9.17, 15) is 5.11 Å². The SMILES string of the molecule is CCc1nn(-c2ccc(Cl)nn2)c(Cl)c1CO. The minimum Gasteiger partial charge on any atom is -0.391 e. The van der Waals surface area contributed by atoms with Crippen LogP contribution in [-0.2, 0) is 13.0 Å². The van der Waals surface area contributed by atoms with Crippen molar-refractivity contribution in [3.63, 3.8) is 0 Å². The van der Waals surface area contributed by atoms with Gasteiger partial charge in [-0.2, -0.15) is 5.10 Å².